The quantitative estimate of drug-likeness (QED) is 0.306. The number of hydrogen-bond donors (Lipinski definition) is 2. The van der Waals surface area contributed by atoms with Gasteiger partial charge in [-0.25, -0.2) is 18.1 Å². The third-order valence-corrected chi connectivity index (χ3v) is 8.18. The Morgan fingerprint density at radius 1 is 1.24 bits per heavy atom. The molecule has 12 heteroatoms. The summed E-state index contributed by atoms with van der Waals surface area (Å²) in [6.07, 6.45) is 0.612. The fourth-order valence-corrected chi connectivity index (χ4v) is 6.15. The van der Waals surface area contributed by atoms with E-state index in [2.05, 4.69) is 42.3 Å². The van der Waals surface area contributed by atoms with Gasteiger partial charge in [0, 0.05) is 35.1 Å². The van der Waals surface area contributed by atoms with Gasteiger partial charge in [-0.2, -0.15) is 14.4 Å². The van der Waals surface area contributed by atoms with Crippen molar-refractivity contribution in [2.24, 2.45) is 5.92 Å². The molecule has 0 unspecified atom stereocenters. The first-order chi connectivity index (χ1) is 15.5. The highest BCUT2D eigenvalue weighted by Gasteiger charge is 2.23. The molecule has 0 radical (unpaired) electrons. The Morgan fingerprint density at radius 2 is 2.00 bits per heavy atom. The molecule has 0 aliphatic heterocycles. The number of imidazole rings is 1. The number of rotatable bonds is 8. The van der Waals surface area contributed by atoms with Crippen LogP contribution in [0.3, 0.4) is 0 Å². The van der Waals surface area contributed by atoms with Crippen LogP contribution in [0.1, 0.15) is 47.6 Å². The van der Waals surface area contributed by atoms with Crippen LogP contribution in [0.25, 0.3) is 11.2 Å². The maximum absolute atomic E-state index is 13.9. The zero-order valence-electron chi connectivity index (χ0n) is 18.2. The van der Waals surface area contributed by atoms with Crippen LogP contribution in [-0.2, 0) is 29.4 Å². The summed E-state index contributed by atoms with van der Waals surface area (Å²) < 4.78 is 43.6. The summed E-state index contributed by atoms with van der Waals surface area (Å²) in [5, 5.41) is 0. The minimum atomic E-state index is -3.45. The third kappa shape index (κ3) is 5.17. The predicted molar refractivity (Wildman–Crippen MR) is 131 cm³/mol. The monoisotopic (exact) mass is 586 g/mol. The number of ketones is 1. The van der Waals surface area contributed by atoms with Crippen molar-refractivity contribution < 1.29 is 17.6 Å². The second-order valence-electron chi connectivity index (χ2n) is 8.50. The summed E-state index contributed by atoms with van der Waals surface area (Å²) in [5.41, 5.74) is 8.99. The van der Waals surface area contributed by atoms with Gasteiger partial charge in [0.2, 0.25) is 10.0 Å². The van der Waals surface area contributed by atoms with Crippen molar-refractivity contribution >= 4 is 55.4 Å². The van der Waals surface area contributed by atoms with Gasteiger partial charge in [0.25, 0.3) is 0 Å². The number of nitrogens with one attached hydrogen (secondary N) is 1. The fourth-order valence-electron chi connectivity index (χ4n) is 4.03. The Bertz CT molecular complexity index is 1360. The minimum Gasteiger partial charge on any atom is -0.382 e. The van der Waals surface area contributed by atoms with Gasteiger partial charge in [0.1, 0.15) is 5.82 Å². The first kappa shape index (κ1) is 24.0. The number of hydrogen-bond acceptors (Lipinski definition) is 7. The zero-order chi connectivity index (χ0) is 23.9. The van der Waals surface area contributed by atoms with E-state index in [-0.39, 0.29) is 47.5 Å². The molecule has 3 aromatic rings. The average Bonchev–Trinajstić information content (AvgIpc) is 3.22. The van der Waals surface area contributed by atoms with Crippen LogP contribution in [-0.4, -0.2) is 46.0 Å². The number of halogens is 2. The molecule has 0 bridgehead atoms. The fraction of sp³-hybridized carbons (Fsp3) is 0.429. The van der Waals surface area contributed by atoms with Gasteiger partial charge in [-0.1, -0.05) is 13.8 Å². The Morgan fingerprint density at radius 3 is 2.73 bits per heavy atom. The van der Waals surface area contributed by atoms with Crippen molar-refractivity contribution in [2.75, 3.05) is 18.0 Å². The minimum absolute atomic E-state index is 0.00955. The van der Waals surface area contributed by atoms with E-state index in [0.29, 0.717) is 18.7 Å². The number of aryl methyl sites for hydroxylation is 1. The lowest BCUT2D eigenvalue weighted by Gasteiger charge is -2.13. The molecule has 2 heterocycles. The van der Waals surface area contributed by atoms with Gasteiger partial charge in [-0.3, -0.25) is 4.79 Å². The number of fused-ring (bicyclic) bond motifs is 2. The topological polar surface area (TPSA) is 133 Å². The molecule has 4 rings (SSSR count). The van der Waals surface area contributed by atoms with E-state index < -0.39 is 16.1 Å². The van der Waals surface area contributed by atoms with Gasteiger partial charge in [-0.05, 0) is 58.2 Å². The van der Waals surface area contributed by atoms with E-state index in [1.807, 2.05) is 26.0 Å². The maximum atomic E-state index is 13.9. The van der Waals surface area contributed by atoms with E-state index in [4.69, 9.17) is 5.73 Å². The Kier molecular flexibility index (Phi) is 6.69. The molecule has 2 aromatic heterocycles. The third-order valence-electron chi connectivity index (χ3n) is 5.43. The van der Waals surface area contributed by atoms with Crippen LogP contribution in [0.15, 0.2) is 12.1 Å². The molecule has 0 saturated carbocycles. The highest BCUT2D eigenvalue weighted by Crippen LogP contribution is 2.29. The Balaban J connectivity index is 1.69. The molecule has 176 valence electrons. The number of sulfonamides is 1. The standard InChI is InChI=1S/C21H24FIN6O3S/c1-11(2)10-33(31,32)25-5-6-29-17(26-18-19(24)27-21(22)28-20(18)29)9-13-7-14-12(8-15(13)23)3-4-16(14)30/h7-8,11,25H,3-6,9-10H2,1-2H3,(H2,24,27,28). The van der Waals surface area contributed by atoms with Gasteiger partial charge in [0.05, 0.1) is 5.75 Å². The molecule has 1 aliphatic carbocycles. The smallest absolute Gasteiger partial charge is 0.312 e. The number of Topliss-reactive ketones (excluding diaryl/α,β-unsaturated/α-hetero) is 1. The largest absolute Gasteiger partial charge is 0.382 e. The number of aromatic nitrogens is 4. The lowest BCUT2D eigenvalue weighted by Crippen LogP contribution is -2.31. The summed E-state index contributed by atoms with van der Waals surface area (Å²) in [7, 11) is -3.45. The summed E-state index contributed by atoms with van der Waals surface area (Å²) in [6.45, 7) is 3.91. The zero-order valence-corrected chi connectivity index (χ0v) is 21.2. The van der Waals surface area contributed by atoms with Crippen molar-refractivity contribution in [2.45, 2.75) is 39.7 Å². The number of nitrogens with two attached hydrogens (primary N) is 1. The average molecular weight is 586 g/mol. The molecule has 1 aromatic carbocycles. The van der Waals surface area contributed by atoms with Crippen molar-refractivity contribution in [1.82, 2.24) is 24.2 Å². The number of anilines is 1. The summed E-state index contributed by atoms with van der Waals surface area (Å²) in [5.74, 6) is 0.557. The number of nitrogen functional groups attached to an aromatic ring is 1. The second kappa shape index (κ2) is 9.22. The van der Waals surface area contributed by atoms with E-state index >= 15 is 0 Å². The number of nitrogens with zero attached hydrogens (tertiary/aromatic N) is 4. The number of benzene rings is 1. The highest BCUT2D eigenvalue weighted by atomic mass is 127. The lowest BCUT2D eigenvalue weighted by atomic mass is 10.0. The molecule has 3 N–H and O–H groups in total. The van der Waals surface area contributed by atoms with Crippen molar-refractivity contribution in [1.29, 1.82) is 0 Å². The Hall–Kier alpha value is -2.19. The van der Waals surface area contributed by atoms with E-state index in [1.54, 1.807) is 4.57 Å². The second-order valence-corrected chi connectivity index (χ2v) is 11.5. The summed E-state index contributed by atoms with van der Waals surface area (Å²) >= 11 is 2.23. The van der Waals surface area contributed by atoms with Crippen LogP contribution < -0.4 is 10.5 Å². The molecule has 0 atom stereocenters. The van der Waals surface area contributed by atoms with Crippen LogP contribution in [0.2, 0.25) is 0 Å². The molecule has 1 aliphatic rings. The normalized spacial score (nSPS) is 13.9. The number of carbonyl (C=O) groups excluding carboxylic acids is 1. The summed E-state index contributed by atoms with van der Waals surface area (Å²) in [4.78, 5) is 24.2. The molecule has 0 saturated heterocycles. The first-order valence-electron chi connectivity index (χ1n) is 10.5. The SMILES string of the molecule is CC(C)CS(=O)(=O)NCCn1c(Cc2cc3c(cc2I)CCC3=O)nc2c(N)nc(F)nc21. The van der Waals surface area contributed by atoms with Crippen LogP contribution in [0.5, 0.6) is 0 Å². The van der Waals surface area contributed by atoms with Crippen molar-refractivity contribution in [3.63, 3.8) is 0 Å². The van der Waals surface area contributed by atoms with E-state index in [9.17, 15) is 17.6 Å². The van der Waals surface area contributed by atoms with Crippen LogP contribution in [0, 0.1) is 15.6 Å². The van der Waals surface area contributed by atoms with Crippen LogP contribution >= 0.6 is 22.6 Å². The van der Waals surface area contributed by atoms with Gasteiger partial charge in [-0.15, -0.1) is 0 Å². The maximum Gasteiger partial charge on any atom is 0.312 e. The van der Waals surface area contributed by atoms with Crippen molar-refractivity contribution in [3.05, 3.63) is 44.3 Å². The predicted octanol–water partition coefficient (Wildman–Crippen LogP) is 2.45. The molecule has 0 fully saturated rings. The van der Waals surface area contributed by atoms with Gasteiger partial charge in [0.15, 0.2) is 22.8 Å². The molecule has 33 heavy (non-hydrogen) atoms. The van der Waals surface area contributed by atoms with Gasteiger partial charge < -0.3 is 10.3 Å². The summed E-state index contributed by atoms with van der Waals surface area (Å²) in [6, 6.07) is 3.90. The highest BCUT2D eigenvalue weighted by molar-refractivity contribution is 14.1. The molecule has 0 spiro atoms. The molecular formula is C21H24FIN6O3S. The molecule has 9 nitrogen and oxygen atoms in total. The Labute approximate surface area is 204 Å². The van der Waals surface area contributed by atoms with E-state index in [0.717, 1.165) is 26.7 Å². The molecular weight excluding hydrogens is 562 g/mol. The van der Waals surface area contributed by atoms with Crippen LogP contribution in [0.4, 0.5) is 10.2 Å². The van der Waals surface area contributed by atoms with Crippen molar-refractivity contribution in [3.8, 4) is 0 Å². The van der Waals surface area contributed by atoms with Gasteiger partial charge >= 0.3 is 6.08 Å². The van der Waals surface area contributed by atoms with E-state index in [1.165, 1.54) is 0 Å². The number of carbonyl (C=O) groups is 1. The lowest BCUT2D eigenvalue weighted by molar-refractivity contribution is 0.0994. The molecule has 0 amide bonds. The first-order valence-corrected chi connectivity index (χ1v) is 13.3.